The van der Waals surface area contributed by atoms with E-state index in [2.05, 4.69) is 4.98 Å². The van der Waals surface area contributed by atoms with Crippen LogP contribution >= 0.6 is 11.3 Å². The molecule has 92 valence electrons. The van der Waals surface area contributed by atoms with Gasteiger partial charge in [0.05, 0.1) is 18.3 Å². The highest BCUT2D eigenvalue weighted by molar-refractivity contribution is 7.17. The number of nitrogens with two attached hydrogens (primary N) is 1. The van der Waals surface area contributed by atoms with Crippen LogP contribution in [0.15, 0.2) is 22.3 Å². The van der Waals surface area contributed by atoms with Crippen LogP contribution in [0.1, 0.15) is 5.56 Å². The summed E-state index contributed by atoms with van der Waals surface area (Å²) in [5.74, 6) is 0.638. The van der Waals surface area contributed by atoms with E-state index in [-0.39, 0.29) is 5.56 Å². The highest BCUT2D eigenvalue weighted by Gasteiger charge is 2.14. The van der Waals surface area contributed by atoms with Gasteiger partial charge in [-0.1, -0.05) is 0 Å². The van der Waals surface area contributed by atoms with Crippen LogP contribution in [-0.4, -0.2) is 12.1 Å². The molecule has 3 N–H and O–H groups in total. The Morgan fingerprint density at radius 2 is 2.22 bits per heavy atom. The number of fused-ring (bicyclic) bond motifs is 3. The molecule has 3 aromatic rings. The van der Waals surface area contributed by atoms with E-state index in [0.717, 1.165) is 21.9 Å². The topological polar surface area (TPSA) is 68.1 Å². The van der Waals surface area contributed by atoms with E-state index in [9.17, 15) is 4.79 Å². The molecular weight excluding hydrogens is 248 g/mol. The number of rotatable bonds is 1. The summed E-state index contributed by atoms with van der Waals surface area (Å²) in [6.07, 6.45) is 0. The van der Waals surface area contributed by atoms with Gasteiger partial charge in [-0.15, -0.1) is 11.3 Å². The molecule has 0 unspecified atom stereocenters. The summed E-state index contributed by atoms with van der Waals surface area (Å²) in [4.78, 5) is 14.9. The number of H-pyrrole nitrogens is 1. The zero-order valence-electron chi connectivity index (χ0n) is 10.0. The van der Waals surface area contributed by atoms with Crippen LogP contribution in [0.4, 0.5) is 5.69 Å². The second-order valence-corrected chi connectivity index (χ2v) is 5.09. The number of pyridine rings is 1. The summed E-state index contributed by atoms with van der Waals surface area (Å²) in [6, 6.07) is 3.76. The van der Waals surface area contributed by atoms with Crippen molar-refractivity contribution in [2.45, 2.75) is 6.92 Å². The fraction of sp³-hybridized carbons (Fsp3) is 0.154. The largest absolute Gasteiger partial charge is 0.495 e. The number of methoxy groups -OCH3 is 1. The predicted molar refractivity (Wildman–Crippen MR) is 75.7 cm³/mol. The molecule has 0 aliphatic rings. The summed E-state index contributed by atoms with van der Waals surface area (Å²) in [6.45, 7) is 1.93. The van der Waals surface area contributed by atoms with Gasteiger partial charge in [-0.05, 0) is 30.0 Å². The van der Waals surface area contributed by atoms with Crippen molar-refractivity contribution in [1.82, 2.24) is 4.98 Å². The Labute approximate surface area is 107 Å². The molecule has 18 heavy (non-hydrogen) atoms. The van der Waals surface area contributed by atoms with Gasteiger partial charge < -0.3 is 15.5 Å². The van der Waals surface area contributed by atoms with Crippen molar-refractivity contribution >= 4 is 38.0 Å². The highest BCUT2D eigenvalue weighted by atomic mass is 32.1. The zero-order chi connectivity index (χ0) is 12.9. The fourth-order valence-corrected chi connectivity index (χ4v) is 3.06. The maximum Gasteiger partial charge on any atom is 0.266 e. The van der Waals surface area contributed by atoms with Crippen molar-refractivity contribution in [3.05, 3.63) is 33.4 Å². The van der Waals surface area contributed by atoms with Gasteiger partial charge in [0.25, 0.3) is 5.56 Å². The quantitative estimate of drug-likeness (QED) is 0.661. The number of aromatic nitrogens is 1. The normalized spacial score (nSPS) is 11.2. The van der Waals surface area contributed by atoms with Crippen LogP contribution < -0.4 is 16.0 Å². The van der Waals surface area contributed by atoms with Crippen molar-refractivity contribution in [2.24, 2.45) is 0 Å². The van der Waals surface area contributed by atoms with Crippen molar-refractivity contribution < 1.29 is 4.74 Å². The number of aryl methyl sites for hydroxylation is 1. The molecule has 0 radical (unpaired) electrons. The highest BCUT2D eigenvalue weighted by Crippen LogP contribution is 2.36. The average molecular weight is 260 g/mol. The minimum Gasteiger partial charge on any atom is -0.495 e. The Balaban J connectivity index is 2.66. The molecule has 0 bridgehead atoms. The summed E-state index contributed by atoms with van der Waals surface area (Å²) in [5.41, 5.74) is 8.36. The van der Waals surface area contributed by atoms with E-state index in [4.69, 9.17) is 10.5 Å². The van der Waals surface area contributed by atoms with E-state index in [1.165, 1.54) is 11.3 Å². The lowest BCUT2D eigenvalue weighted by molar-refractivity contribution is 0.417. The number of anilines is 1. The van der Waals surface area contributed by atoms with Crippen molar-refractivity contribution in [2.75, 3.05) is 12.8 Å². The van der Waals surface area contributed by atoms with Crippen LogP contribution in [-0.2, 0) is 0 Å². The molecule has 2 aromatic heterocycles. The molecular formula is C13H12N2O2S. The molecule has 0 fully saturated rings. The average Bonchev–Trinajstić information content (AvgIpc) is 2.83. The second-order valence-electron chi connectivity index (χ2n) is 4.18. The van der Waals surface area contributed by atoms with Gasteiger partial charge in [0.15, 0.2) is 0 Å². The van der Waals surface area contributed by atoms with E-state index >= 15 is 0 Å². The lowest BCUT2D eigenvalue weighted by atomic mass is 10.1. The van der Waals surface area contributed by atoms with Gasteiger partial charge in [-0.2, -0.15) is 0 Å². The Hall–Kier alpha value is -2.01. The third-order valence-corrected chi connectivity index (χ3v) is 4.04. The molecule has 0 atom stereocenters. The molecule has 2 heterocycles. The Morgan fingerprint density at radius 3 is 2.94 bits per heavy atom. The number of ether oxygens (including phenoxy) is 1. The van der Waals surface area contributed by atoms with E-state index in [0.29, 0.717) is 16.1 Å². The monoisotopic (exact) mass is 260 g/mol. The smallest absolute Gasteiger partial charge is 0.266 e. The number of aromatic amines is 1. The first-order valence-electron chi connectivity index (χ1n) is 5.49. The third kappa shape index (κ3) is 1.34. The van der Waals surface area contributed by atoms with Gasteiger partial charge in [-0.3, -0.25) is 4.79 Å². The van der Waals surface area contributed by atoms with E-state index < -0.39 is 0 Å². The SMILES string of the molecule is COc1cc(C)c2[nH]c(=O)c3sccc3c2c1N. The van der Waals surface area contributed by atoms with E-state index in [1.807, 2.05) is 24.4 Å². The molecule has 0 saturated heterocycles. The zero-order valence-corrected chi connectivity index (χ0v) is 10.9. The fourth-order valence-electron chi connectivity index (χ4n) is 2.26. The molecule has 0 spiro atoms. The predicted octanol–water partition coefficient (Wildman–Crippen LogP) is 2.64. The summed E-state index contributed by atoms with van der Waals surface area (Å²) in [7, 11) is 1.59. The molecule has 1 aromatic carbocycles. The summed E-state index contributed by atoms with van der Waals surface area (Å²) < 4.78 is 5.97. The molecule has 5 heteroatoms. The van der Waals surface area contributed by atoms with Gasteiger partial charge >= 0.3 is 0 Å². The Morgan fingerprint density at radius 1 is 1.44 bits per heavy atom. The van der Waals surface area contributed by atoms with E-state index in [1.54, 1.807) is 7.11 Å². The first-order valence-corrected chi connectivity index (χ1v) is 6.37. The van der Waals surface area contributed by atoms with Crippen LogP contribution in [0.2, 0.25) is 0 Å². The molecule has 0 aliphatic carbocycles. The van der Waals surface area contributed by atoms with Gasteiger partial charge in [0.2, 0.25) is 0 Å². The minimum absolute atomic E-state index is 0.0693. The number of nitrogen functional groups attached to an aromatic ring is 1. The standard InChI is InChI=1S/C13H12N2O2S/c1-6-5-8(17-2)10(14)9-7-3-4-18-12(7)13(16)15-11(6)9/h3-5H,14H2,1-2H3,(H,15,16). The molecule has 0 saturated carbocycles. The second kappa shape index (κ2) is 3.74. The first-order chi connectivity index (χ1) is 8.63. The number of hydrogen-bond donors (Lipinski definition) is 2. The van der Waals surface area contributed by atoms with Crippen LogP contribution in [0.5, 0.6) is 5.75 Å². The first kappa shape index (κ1) is 11.1. The van der Waals surface area contributed by atoms with Crippen LogP contribution in [0, 0.1) is 6.92 Å². The molecule has 0 amide bonds. The molecule has 3 rings (SSSR count). The number of benzene rings is 1. The van der Waals surface area contributed by atoms with Gasteiger partial charge in [0, 0.05) is 10.8 Å². The Bertz CT molecular complexity index is 817. The number of nitrogens with one attached hydrogen (secondary N) is 1. The lowest BCUT2D eigenvalue weighted by Gasteiger charge is -2.11. The maximum absolute atomic E-state index is 12.0. The summed E-state index contributed by atoms with van der Waals surface area (Å²) in [5, 5.41) is 3.65. The van der Waals surface area contributed by atoms with Gasteiger partial charge in [-0.25, -0.2) is 0 Å². The lowest BCUT2D eigenvalue weighted by Crippen LogP contribution is -2.07. The third-order valence-electron chi connectivity index (χ3n) is 3.13. The molecule has 0 aliphatic heterocycles. The summed E-state index contributed by atoms with van der Waals surface area (Å²) >= 11 is 1.42. The van der Waals surface area contributed by atoms with Crippen LogP contribution in [0.3, 0.4) is 0 Å². The Kier molecular flexibility index (Phi) is 2.31. The maximum atomic E-state index is 12.0. The minimum atomic E-state index is -0.0693. The van der Waals surface area contributed by atoms with Crippen LogP contribution in [0.25, 0.3) is 21.0 Å². The molecule has 4 nitrogen and oxygen atoms in total. The van der Waals surface area contributed by atoms with Gasteiger partial charge in [0.1, 0.15) is 10.4 Å². The van der Waals surface area contributed by atoms with Crippen molar-refractivity contribution in [3.63, 3.8) is 0 Å². The van der Waals surface area contributed by atoms with Crippen molar-refractivity contribution in [3.8, 4) is 5.75 Å². The van der Waals surface area contributed by atoms with Crippen molar-refractivity contribution in [1.29, 1.82) is 0 Å². The number of thiophene rings is 1. The number of hydrogen-bond acceptors (Lipinski definition) is 4.